The summed E-state index contributed by atoms with van der Waals surface area (Å²) in [6.45, 7) is 2.25. The molecule has 0 spiro atoms. The molecular weight excluding hydrogens is 232 g/mol. The second-order valence-corrected chi connectivity index (χ2v) is 3.99. The fourth-order valence-corrected chi connectivity index (χ4v) is 1.72. The Bertz CT molecular complexity index is 432. The monoisotopic (exact) mass is 252 g/mol. The molecule has 1 amide bonds. The smallest absolute Gasteiger partial charge is 0.228 e. The minimum Gasteiger partial charge on any atom is -0.496 e. The van der Waals surface area contributed by atoms with E-state index in [0.717, 1.165) is 11.3 Å². The maximum Gasteiger partial charge on any atom is 0.228 e. The largest absolute Gasteiger partial charge is 0.496 e. The Morgan fingerprint density at radius 3 is 2.39 bits per heavy atom. The van der Waals surface area contributed by atoms with Crippen molar-refractivity contribution in [3.63, 3.8) is 0 Å². The zero-order chi connectivity index (χ0) is 13.7. The Labute approximate surface area is 107 Å². The standard InChI is InChI=1S/C13H20N2O3/c1-9-7-12(18-4)10(8-11(9)17-3)15(2)13(16)5-6-14/h7-8H,5-6,14H2,1-4H3. The van der Waals surface area contributed by atoms with Crippen LogP contribution in [0.3, 0.4) is 0 Å². The van der Waals surface area contributed by atoms with Gasteiger partial charge in [-0.05, 0) is 18.6 Å². The first-order valence-corrected chi connectivity index (χ1v) is 5.74. The van der Waals surface area contributed by atoms with Gasteiger partial charge in [-0.15, -0.1) is 0 Å². The number of amides is 1. The first-order chi connectivity index (χ1) is 8.54. The van der Waals surface area contributed by atoms with Crippen LogP contribution in [0.2, 0.25) is 0 Å². The molecule has 5 nitrogen and oxygen atoms in total. The maximum atomic E-state index is 11.8. The van der Waals surface area contributed by atoms with Gasteiger partial charge in [0, 0.05) is 26.1 Å². The molecular formula is C13H20N2O3. The first-order valence-electron chi connectivity index (χ1n) is 5.74. The van der Waals surface area contributed by atoms with Crippen molar-refractivity contribution < 1.29 is 14.3 Å². The first kappa shape index (κ1) is 14.3. The predicted octanol–water partition coefficient (Wildman–Crippen LogP) is 1.32. The van der Waals surface area contributed by atoms with E-state index in [1.165, 1.54) is 4.90 Å². The Morgan fingerprint density at radius 1 is 1.28 bits per heavy atom. The van der Waals surface area contributed by atoms with Gasteiger partial charge < -0.3 is 20.1 Å². The number of methoxy groups -OCH3 is 2. The van der Waals surface area contributed by atoms with Crippen molar-refractivity contribution in [3.8, 4) is 11.5 Å². The maximum absolute atomic E-state index is 11.8. The average molecular weight is 252 g/mol. The van der Waals surface area contributed by atoms with Crippen molar-refractivity contribution in [1.82, 2.24) is 0 Å². The third-order valence-corrected chi connectivity index (χ3v) is 2.79. The van der Waals surface area contributed by atoms with E-state index < -0.39 is 0 Å². The molecule has 0 bridgehead atoms. The van der Waals surface area contributed by atoms with E-state index in [2.05, 4.69) is 0 Å². The lowest BCUT2D eigenvalue weighted by Gasteiger charge is -2.21. The van der Waals surface area contributed by atoms with Crippen LogP contribution in [-0.2, 0) is 4.79 Å². The number of carbonyl (C=O) groups excluding carboxylic acids is 1. The van der Waals surface area contributed by atoms with Gasteiger partial charge in [0.05, 0.1) is 19.9 Å². The van der Waals surface area contributed by atoms with Gasteiger partial charge in [0.25, 0.3) is 0 Å². The summed E-state index contributed by atoms with van der Waals surface area (Å²) >= 11 is 0. The zero-order valence-electron chi connectivity index (χ0n) is 11.3. The van der Waals surface area contributed by atoms with E-state index in [-0.39, 0.29) is 5.91 Å². The van der Waals surface area contributed by atoms with Gasteiger partial charge in [-0.3, -0.25) is 4.79 Å². The highest BCUT2D eigenvalue weighted by atomic mass is 16.5. The number of ether oxygens (including phenoxy) is 2. The molecule has 100 valence electrons. The lowest BCUT2D eigenvalue weighted by molar-refractivity contribution is -0.118. The molecule has 0 heterocycles. The van der Waals surface area contributed by atoms with Crippen LogP contribution in [-0.4, -0.2) is 33.7 Å². The molecule has 0 saturated carbocycles. The molecule has 1 rings (SSSR count). The Morgan fingerprint density at radius 2 is 1.89 bits per heavy atom. The lowest BCUT2D eigenvalue weighted by atomic mass is 10.1. The number of nitrogens with zero attached hydrogens (tertiary/aromatic N) is 1. The highest BCUT2D eigenvalue weighted by Crippen LogP contribution is 2.34. The summed E-state index contributed by atoms with van der Waals surface area (Å²) in [5, 5.41) is 0. The number of hydrogen-bond donors (Lipinski definition) is 1. The van der Waals surface area contributed by atoms with Crippen LogP contribution in [0.4, 0.5) is 5.69 Å². The van der Waals surface area contributed by atoms with Gasteiger partial charge in [0.15, 0.2) is 0 Å². The predicted molar refractivity (Wildman–Crippen MR) is 71.4 cm³/mol. The molecule has 0 fully saturated rings. The average Bonchev–Trinajstić information content (AvgIpc) is 2.37. The van der Waals surface area contributed by atoms with Gasteiger partial charge >= 0.3 is 0 Å². The molecule has 0 atom stereocenters. The second kappa shape index (κ2) is 6.26. The SMILES string of the molecule is COc1cc(N(C)C(=O)CCN)c(OC)cc1C. The Kier molecular flexibility index (Phi) is 4.97. The summed E-state index contributed by atoms with van der Waals surface area (Å²) in [6, 6.07) is 3.64. The third kappa shape index (κ3) is 2.92. The number of carbonyl (C=O) groups is 1. The van der Waals surface area contributed by atoms with E-state index in [4.69, 9.17) is 15.2 Å². The summed E-state index contributed by atoms with van der Waals surface area (Å²) < 4.78 is 10.6. The summed E-state index contributed by atoms with van der Waals surface area (Å²) in [4.78, 5) is 13.4. The quantitative estimate of drug-likeness (QED) is 0.858. The van der Waals surface area contributed by atoms with Gasteiger partial charge in [-0.25, -0.2) is 0 Å². The van der Waals surface area contributed by atoms with Crippen molar-refractivity contribution in [2.75, 3.05) is 32.7 Å². The molecule has 0 unspecified atom stereocenters. The van der Waals surface area contributed by atoms with E-state index in [1.807, 2.05) is 13.0 Å². The van der Waals surface area contributed by atoms with Crippen LogP contribution < -0.4 is 20.1 Å². The normalized spacial score (nSPS) is 10.1. The van der Waals surface area contributed by atoms with E-state index in [1.54, 1.807) is 27.3 Å². The lowest BCUT2D eigenvalue weighted by Crippen LogP contribution is -2.28. The fourth-order valence-electron chi connectivity index (χ4n) is 1.72. The van der Waals surface area contributed by atoms with Crippen molar-refractivity contribution in [3.05, 3.63) is 17.7 Å². The summed E-state index contributed by atoms with van der Waals surface area (Å²) in [5.41, 5.74) is 7.03. The number of anilines is 1. The zero-order valence-corrected chi connectivity index (χ0v) is 11.3. The molecule has 0 aromatic heterocycles. The van der Waals surface area contributed by atoms with Gasteiger partial charge in [0.1, 0.15) is 11.5 Å². The number of nitrogens with two attached hydrogens (primary N) is 1. The molecule has 1 aromatic rings. The fraction of sp³-hybridized carbons (Fsp3) is 0.462. The number of hydrogen-bond acceptors (Lipinski definition) is 4. The minimum atomic E-state index is -0.0540. The Balaban J connectivity index is 3.16. The van der Waals surface area contributed by atoms with Crippen molar-refractivity contribution >= 4 is 11.6 Å². The molecule has 0 radical (unpaired) electrons. The van der Waals surface area contributed by atoms with Crippen LogP contribution >= 0.6 is 0 Å². The van der Waals surface area contributed by atoms with Gasteiger partial charge in [-0.1, -0.05) is 0 Å². The van der Waals surface area contributed by atoms with Crippen molar-refractivity contribution in [1.29, 1.82) is 0 Å². The second-order valence-electron chi connectivity index (χ2n) is 3.99. The van der Waals surface area contributed by atoms with Crippen LogP contribution in [0.15, 0.2) is 12.1 Å². The molecule has 2 N–H and O–H groups in total. The van der Waals surface area contributed by atoms with Crippen molar-refractivity contribution in [2.24, 2.45) is 5.73 Å². The molecule has 0 saturated heterocycles. The van der Waals surface area contributed by atoms with E-state index in [0.29, 0.717) is 24.4 Å². The highest BCUT2D eigenvalue weighted by Gasteiger charge is 2.17. The molecule has 0 aliphatic rings. The van der Waals surface area contributed by atoms with E-state index >= 15 is 0 Å². The molecule has 5 heteroatoms. The summed E-state index contributed by atoms with van der Waals surface area (Å²) in [6.07, 6.45) is 0.301. The number of rotatable bonds is 5. The van der Waals surface area contributed by atoms with Crippen LogP contribution in [0.1, 0.15) is 12.0 Å². The summed E-state index contributed by atoms with van der Waals surface area (Å²) in [7, 11) is 4.87. The van der Waals surface area contributed by atoms with Crippen LogP contribution in [0.25, 0.3) is 0 Å². The number of benzene rings is 1. The summed E-state index contributed by atoms with van der Waals surface area (Å²) in [5.74, 6) is 1.31. The third-order valence-electron chi connectivity index (χ3n) is 2.79. The molecule has 0 aliphatic carbocycles. The van der Waals surface area contributed by atoms with E-state index in [9.17, 15) is 4.79 Å². The minimum absolute atomic E-state index is 0.0540. The highest BCUT2D eigenvalue weighted by molar-refractivity contribution is 5.94. The van der Waals surface area contributed by atoms with Crippen LogP contribution in [0, 0.1) is 6.92 Å². The Hall–Kier alpha value is -1.75. The topological polar surface area (TPSA) is 64.8 Å². The molecule has 18 heavy (non-hydrogen) atoms. The van der Waals surface area contributed by atoms with Crippen LogP contribution in [0.5, 0.6) is 11.5 Å². The van der Waals surface area contributed by atoms with Crippen molar-refractivity contribution in [2.45, 2.75) is 13.3 Å². The number of aryl methyl sites for hydroxylation is 1. The molecule has 0 aliphatic heterocycles. The molecule has 1 aromatic carbocycles. The van der Waals surface area contributed by atoms with Gasteiger partial charge in [0.2, 0.25) is 5.91 Å². The van der Waals surface area contributed by atoms with Gasteiger partial charge in [-0.2, -0.15) is 0 Å².